The smallest absolute Gasteiger partial charge is 0.315 e. The van der Waals surface area contributed by atoms with Crippen LogP contribution in [0.2, 0.25) is 0 Å². The number of amides is 2. The quantitative estimate of drug-likeness (QED) is 0.726. The lowest BCUT2D eigenvalue weighted by molar-refractivity contribution is 0.229. The molecule has 2 amide bonds. The van der Waals surface area contributed by atoms with Crippen molar-refractivity contribution in [1.82, 2.24) is 25.4 Å². The zero-order valence-corrected chi connectivity index (χ0v) is 14.5. The molecule has 1 heterocycles. The SMILES string of the molecule is CC(C)[C@@H](Cn1cncn1)NC(=O)NCc1cccc2ccccc12. The monoisotopic (exact) mass is 337 g/mol. The van der Waals surface area contributed by atoms with E-state index in [9.17, 15) is 4.79 Å². The van der Waals surface area contributed by atoms with Crippen LogP contribution in [0.3, 0.4) is 0 Å². The van der Waals surface area contributed by atoms with E-state index in [4.69, 9.17) is 0 Å². The molecular formula is C19H23N5O. The number of hydrogen-bond donors (Lipinski definition) is 2. The average molecular weight is 337 g/mol. The summed E-state index contributed by atoms with van der Waals surface area (Å²) in [5.74, 6) is 0.285. The van der Waals surface area contributed by atoms with Gasteiger partial charge in [0.1, 0.15) is 12.7 Å². The molecule has 1 aromatic heterocycles. The first-order valence-electron chi connectivity index (χ1n) is 8.47. The number of nitrogens with one attached hydrogen (secondary N) is 2. The molecule has 0 aliphatic heterocycles. The Labute approximate surface area is 147 Å². The van der Waals surface area contributed by atoms with Crippen LogP contribution in [0.1, 0.15) is 19.4 Å². The lowest BCUT2D eigenvalue weighted by Gasteiger charge is -2.22. The molecule has 0 aliphatic rings. The summed E-state index contributed by atoms with van der Waals surface area (Å²) in [6.07, 6.45) is 3.16. The van der Waals surface area contributed by atoms with Crippen molar-refractivity contribution in [2.75, 3.05) is 0 Å². The van der Waals surface area contributed by atoms with Gasteiger partial charge in [-0.05, 0) is 22.3 Å². The summed E-state index contributed by atoms with van der Waals surface area (Å²) in [6.45, 7) is 5.24. The second-order valence-corrected chi connectivity index (χ2v) is 6.43. The Bertz CT molecular complexity index is 823. The maximum Gasteiger partial charge on any atom is 0.315 e. The van der Waals surface area contributed by atoms with Crippen molar-refractivity contribution >= 4 is 16.8 Å². The third-order valence-corrected chi connectivity index (χ3v) is 4.29. The summed E-state index contributed by atoms with van der Waals surface area (Å²) in [5.41, 5.74) is 1.10. The fourth-order valence-electron chi connectivity index (χ4n) is 2.79. The summed E-state index contributed by atoms with van der Waals surface area (Å²) < 4.78 is 1.73. The molecule has 6 nitrogen and oxygen atoms in total. The summed E-state index contributed by atoms with van der Waals surface area (Å²) in [7, 11) is 0. The van der Waals surface area contributed by atoms with Gasteiger partial charge in [0, 0.05) is 6.54 Å². The molecule has 0 saturated heterocycles. The minimum absolute atomic E-state index is 0.0192. The van der Waals surface area contributed by atoms with Gasteiger partial charge in [-0.2, -0.15) is 5.10 Å². The Morgan fingerprint density at radius 3 is 2.72 bits per heavy atom. The maximum atomic E-state index is 12.3. The summed E-state index contributed by atoms with van der Waals surface area (Å²) >= 11 is 0. The number of carbonyl (C=O) groups is 1. The van der Waals surface area contributed by atoms with Gasteiger partial charge in [-0.1, -0.05) is 56.3 Å². The third kappa shape index (κ3) is 4.35. The third-order valence-electron chi connectivity index (χ3n) is 4.29. The van der Waals surface area contributed by atoms with Gasteiger partial charge < -0.3 is 10.6 Å². The number of hydrogen-bond acceptors (Lipinski definition) is 3. The van der Waals surface area contributed by atoms with Crippen LogP contribution >= 0.6 is 0 Å². The summed E-state index contributed by atoms with van der Waals surface area (Å²) in [5, 5.41) is 12.4. The lowest BCUT2D eigenvalue weighted by atomic mass is 10.0. The zero-order valence-electron chi connectivity index (χ0n) is 14.5. The van der Waals surface area contributed by atoms with Crippen molar-refractivity contribution in [2.24, 2.45) is 5.92 Å². The molecule has 130 valence electrons. The first kappa shape index (κ1) is 17.0. The molecular weight excluding hydrogens is 314 g/mol. The van der Waals surface area contributed by atoms with Crippen molar-refractivity contribution in [3.8, 4) is 0 Å². The second-order valence-electron chi connectivity index (χ2n) is 6.43. The van der Waals surface area contributed by atoms with E-state index < -0.39 is 0 Å². The largest absolute Gasteiger partial charge is 0.334 e. The number of benzene rings is 2. The molecule has 0 spiro atoms. The Kier molecular flexibility index (Phi) is 5.28. The topological polar surface area (TPSA) is 71.8 Å². The maximum absolute atomic E-state index is 12.3. The van der Waals surface area contributed by atoms with Crippen molar-refractivity contribution in [2.45, 2.75) is 33.0 Å². The van der Waals surface area contributed by atoms with Gasteiger partial charge in [0.15, 0.2) is 0 Å². The first-order chi connectivity index (χ1) is 12.1. The van der Waals surface area contributed by atoms with Crippen LogP contribution in [0.25, 0.3) is 10.8 Å². The molecule has 0 fully saturated rings. The summed E-state index contributed by atoms with van der Waals surface area (Å²) in [6, 6.07) is 14.1. The molecule has 25 heavy (non-hydrogen) atoms. The van der Waals surface area contributed by atoms with E-state index in [1.54, 1.807) is 11.0 Å². The molecule has 0 radical (unpaired) electrons. The minimum Gasteiger partial charge on any atom is -0.334 e. The van der Waals surface area contributed by atoms with Crippen LogP contribution in [0.5, 0.6) is 0 Å². The van der Waals surface area contributed by atoms with Crippen LogP contribution in [0, 0.1) is 5.92 Å². The van der Waals surface area contributed by atoms with E-state index in [2.05, 4.69) is 52.8 Å². The van der Waals surface area contributed by atoms with Crippen LogP contribution < -0.4 is 10.6 Å². The minimum atomic E-state index is -0.174. The predicted octanol–water partition coefficient (Wildman–Crippen LogP) is 2.96. The van der Waals surface area contributed by atoms with Gasteiger partial charge in [0.2, 0.25) is 0 Å². The van der Waals surface area contributed by atoms with Crippen molar-refractivity contribution in [3.05, 3.63) is 60.7 Å². The van der Waals surface area contributed by atoms with E-state index in [1.807, 2.05) is 24.3 Å². The molecule has 0 bridgehead atoms. The fourth-order valence-corrected chi connectivity index (χ4v) is 2.79. The van der Waals surface area contributed by atoms with Gasteiger partial charge in [-0.25, -0.2) is 9.78 Å². The Morgan fingerprint density at radius 2 is 1.96 bits per heavy atom. The van der Waals surface area contributed by atoms with Gasteiger partial charge in [-0.15, -0.1) is 0 Å². The molecule has 3 rings (SSSR count). The predicted molar refractivity (Wildman–Crippen MR) is 98.0 cm³/mol. The molecule has 0 saturated carbocycles. The number of urea groups is 1. The highest BCUT2D eigenvalue weighted by Gasteiger charge is 2.17. The Morgan fingerprint density at radius 1 is 1.16 bits per heavy atom. The van der Waals surface area contributed by atoms with Crippen molar-refractivity contribution in [1.29, 1.82) is 0 Å². The molecule has 3 aromatic rings. The standard InChI is InChI=1S/C19H23N5O/c1-14(2)18(11-24-13-20-12-22-24)23-19(25)21-10-16-8-5-7-15-6-3-4-9-17(15)16/h3-9,12-14,18H,10-11H2,1-2H3,(H2,21,23,25)/t18-/m1/s1. The molecule has 0 aliphatic carbocycles. The second kappa shape index (κ2) is 7.79. The Balaban J connectivity index is 1.61. The molecule has 2 aromatic carbocycles. The highest BCUT2D eigenvalue weighted by molar-refractivity contribution is 5.86. The van der Waals surface area contributed by atoms with E-state index in [0.717, 1.165) is 10.9 Å². The van der Waals surface area contributed by atoms with Crippen molar-refractivity contribution < 1.29 is 4.79 Å². The van der Waals surface area contributed by atoms with Gasteiger partial charge >= 0.3 is 6.03 Å². The molecule has 6 heteroatoms. The highest BCUT2D eigenvalue weighted by atomic mass is 16.2. The van der Waals surface area contributed by atoms with Crippen LogP contribution in [-0.4, -0.2) is 26.8 Å². The van der Waals surface area contributed by atoms with Crippen LogP contribution in [-0.2, 0) is 13.1 Å². The van der Waals surface area contributed by atoms with Crippen molar-refractivity contribution in [3.63, 3.8) is 0 Å². The van der Waals surface area contributed by atoms with E-state index in [0.29, 0.717) is 13.1 Å². The van der Waals surface area contributed by atoms with Crippen LogP contribution in [0.4, 0.5) is 4.79 Å². The number of rotatable bonds is 6. The average Bonchev–Trinajstić information content (AvgIpc) is 3.12. The summed E-state index contributed by atoms with van der Waals surface area (Å²) in [4.78, 5) is 16.3. The normalized spacial score (nSPS) is 12.3. The van der Waals surface area contributed by atoms with Crippen LogP contribution in [0.15, 0.2) is 55.1 Å². The molecule has 1 atom stereocenters. The first-order valence-corrected chi connectivity index (χ1v) is 8.47. The lowest BCUT2D eigenvalue weighted by Crippen LogP contribution is -2.46. The zero-order chi connectivity index (χ0) is 17.6. The van der Waals surface area contributed by atoms with Gasteiger partial charge in [0.25, 0.3) is 0 Å². The number of carbonyl (C=O) groups excluding carboxylic acids is 1. The molecule has 0 unspecified atom stereocenters. The van der Waals surface area contributed by atoms with Gasteiger partial charge in [-0.3, -0.25) is 4.68 Å². The van der Waals surface area contributed by atoms with Gasteiger partial charge in [0.05, 0.1) is 12.6 Å². The highest BCUT2D eigenvalue weighted by Crippen LogP contribution is 2.18. The fraction of sp³-hybridized carbons (Fsp3) is 0.316. The van der Waals surface area contributed by atoms with E-state index in [1.165, 1.54) is 11.7 Å². The number of nitrogens with zero attached hydrogens (tertiary/aromatic N) is 3. The van der Waals surface area contributed by atoms with E-state index >= 15 is 0 Å². The van der Waals surface area contributed by atoms with E-state index in [-0.39, 0.29) is 18.0 Å². The molecule has 2 N–H and O–H groups in total. The Hall–Kier alpha value is -2.89. The number of fused-ring (bicyclic) bond motifs is 1. The number of aromatic nitrogens is 3.